The van der Waals surface area contributed by atoms with Crippen molar-refractivity contribution in [2.75, 3.05) is 0 Å². The third kappa shape index (κ3) is 3.70. The summed E-state index contributed by atoms with van der Waals surface area (Å²) in [6.07, 6.45) is 0.643. The fraction of sp³-hybridized carbons (Fsp3) is 0.200. The molecule has 1 amide bonds. The van der Waals surface area contributed by atoms with Gasteiger partial charge in [0.15, 0.2) is 0 Å². The van der Waals surface area contributed by atoms with Crippen molar-refractivity contribution in [3.05, 3.63) is 29.0 Å². The molecule has 1 rings (SSSR count). The van der Waals surface area contributed by atoms with Crippen LogP contribution in [0.1, 0.15) is 16.8 Å². The zero-order valence-corrected chi connectivity index (χ0v) is 9.72. The highest BCUT2D eigenvalue weighted by Crippen LogP contribution is 2.11. The van der Waals surface area contributed by atoms with Crippen molar-refractivity contribution in [2.24, 2.45) is 0 Å². The lowest BCUT2D eigenvalue weighted by Gasteiger charge is -2.12. The lowest BCUT2D eigenvalue weighted by atomic mass is 10.2. The Labute approximate surface area is 106 Å². The molecule has 96 valence electrons. The van der Waals surface area contributed by atoms with Gasteiger partial charge in [0.2, 0.25) is 0 Å². The number of aromatic nitrogens is 1. The predicted molar refractivity (Wildman–Crippen MR) is 60.4 cm³/mol. The summed E-state index contributed by atoms with van der Waals surface area (Å²) < 4.78 is 0. The zero-order chi connectivity index (χ0) is 13.7. The van der Waals surface area contributed by atoms with Gasteiger partial charge >= 0.3 is 11.9 Å². The highest BCUT2D eigenvalue weighted by Gasteiger charge is 2.24. The van der Waals surface area contributed by atoms with Crippen LogP contribution in [0.3, 0.4) is 0 Å². The maximum Gasteiger partial charge on any atom is 0.326 e. The maximum atomic E-state index is 11.7. The SMILES string of the molecule is O=C(O)CC(NC(=O)c1cccnc1Cl)C(=O)O. The van der Waals surface area contributed by atoms with Crippen LogP contribution >= 0.6 is 11.6 Å². The zero-order valence-electron chi connectivity index (χ0n) is 8.96. The molecule has 3 N–H and O–H groups in total. The minimum absolute atomic E-state index is 0.0178. The van der Waals surface area contributed by atoms with Gasteiger partial charge in [-0.15, -0.1) is 0 Å². The maximum absolute atomic E-state index is 11.7. The summed E-state index contributed by atoms with van der Waals surface area (Å²) in [5.41, 5.74) is -0.0178. The van der Waals surface area contributed by atoms with Crippen LogP contribution in [0.4, 0.5) is 0 Å². The molecule has 0 saturated carbocycles. The van der Waals surface area contributed by atoms with Crippen molar-refractivity contribution in [1.82, 2.24) is 10.3 Å². The van der Waals surface area contributed by atoms with Crippen molar-refractivity contribution < 1.29 is 24.6 Å². The Morgan fingerprint density at radius 1 is 1.39 bits per heavy atom. The monoisotopic (exact) mass is 272 g/mol. The number of halogens is 1. The molecule has 7 nitrogen and oxygen atoms in total. The number of carboxylic acid groups (broad SMARTS) is 2. The minimum atomic E-state index is -1.52. The van der Waals surface area contributed by atoms with Crippen LogP contribution < -0.4 is 5.32 Å². The second kappa shape index (κ2) is 5.97. The number of amides is 1. The Bertz CT molecular complexity index is 491. The second-order valence-corrected chi connectivity index (χ2v) is 3.66. The van der Waals surface area contributed by atoms with Gasteiger partial charge in [0.1, 0.15) is 11.2 Å². The van der Waals surface area contributed by atoms with E-state index in [9.17, 15) is 14.4 Å². The molecular weight excluding hydrogens is 264 g/mol. The van der Waals surface area contributed by atoms with E-state index in [1.165, 1.54) is 18.3 Å². The van der Waals surface area contributed by atoms with E-state index in [1.807, 2.05) is 0 Å². The van der Waals surface area contributed by atoms with E-state index < -0.39 is 30.3 Å². The Morgan fingerprint density at radius 2 is 2.06 bits per heavy atom. The van der Waals surface area contributed by atoms with Gasteiger partial charge in [0.25, 0.3) is 5.91 Å². The largest absolute Gasteiger partial charge is 0.481 e. The van der Waals surface area contributed by atoms with Crippen LogP contribution in [0.15, 0.2) is 18.3 Å². The summed E-state index contributed by atoms with van der Waals surface area (Å²) in [5.74, 6) is -3.56. The standard InChI is InChI=1S/C10H9ClN2O5/c11-8-5(2-1-3-12-8)9(16)13-6(10(17)18)4-7(14)15/h1-3,6H,4H2,(H,13,16)(H,14,15)(H,17,18). The summed E-state index contributed by atoms with van der Waals surface area (Å²) >= 11 is 5.65. The molecule has 0 radical (unpaired) electrons. The quantitative estimate of drug-likeness (QED) is 0.668. The van der Waals surface area contributed by atoms with E-state index in [4.69, 9.17) is 21.8 Å². The first-order valence-corrected chi connectivity index (χ1v) is 5.15. The predicted octanol–water partition coefficient (Wildman–Crippen LogP) is 0.393. The number of aliphatic carboxylic acids is 2. The van der Waals surface area contributed by atoms with E-state index in [0.29, 0.717) is 0 Å². The molecule has 0 aliphatic heterocycles. The van der Waals surface area contributed by atoms with Crippen LogP contribution in [0.5, 0.6) is 0 Å². The van der Waals surface area contributed by atoms with Crippen molar-refractivity contribution in [2.45, 2.75) is 12.5 Å². The van der Waals surface area contributed by atoms with Crippen LogP contribution in [-0.4, -0.2) is 39.1 Å². The fourth-order valence-electron chi connectivity index (χ4n) is 1.17. The molecule has 1 atom stereocenters. The first kappa shape index (κ1) is 13.9. The van der Waals surface area contributed by atoms with Gasteiger partial charge in [-0.3, -0.25) is 9.59 Å². The van der Waals surface area contributed by atoms with Gasteiger partial charge in [-0.1, -0.05) is 11.6 Å². The Hall–Kier alpha value is -2.15. The number of rotatable bonds is 5. The van der Waals surface area contributed by atoms with Gasteiger partial charge < -0.3 is 15.5 Å². The van der Waals surface area contributed by atoms with E-state index in [0.717, 1.165) is 0 Å². The molecule has 8 heteroatoms. The lowest BCUT2D eigenvalue weighted by molar-refractivity contribution is -0.145. The first-order chi connectivity index (χ1) is 8.41. The summed E-state index contributed by atoms with van der Waals surface area (Å²) in [6, 6.07) is 1.28. The number of nitrogens with one attached hydrogen (secondary N) is 1. The Balaban J connectivity index is 2.82. The molecule has 0 aliphatic carbocycles. The van der Waals surface area contributed by atoms with Gasteiger partial charge in [0.05, 0.1) is 12.0 Å². The number of nitrogens with zero attached hydrogens (tertiary/aromatic N) is 1. The molecule has 18 heavy (non-hydrogen) atoms. The molecule has 1 unspecified atom stereocenters. The Morgan fingerprint density at radius 3 is 2.56 bits per heavy atom. The topological polar surface area (TPSA) is 117 Å². The smallest absolute Gasteiger partial charge is 0.326 e. The third-order valence-electron chi connectivity index (χ3n) is 1.99. The summed E-state index contributed by atoms with van der Waals surface area (Å²) in [5, 5.41) is 19.3. The van der Waals surface area contributed by atoms with Crippen LogP contribution in [0.2, 0.25) is 5.15 Å². The summed E-state index contributed by atoms with van der Waals surface area (Å²) in [4.78, 5) is 36.5. The molecule has 0 fully saturated rings. The highest BCUT2D eigenvalue weighted by atomic mass is 35.5. The number of carbonyl (C=O) groups excluding carboxylic acids is 1. The Kier molecular flexibility index (Phi) is 4.61. The molecule has 0 spiro atoms. The highest BCUT2D eigenvalue weighted by molar-refractivity contribution is 6.32. The molecule has 0 bridgehead atoms. The molecule has 0 aliphatic rings. The van der Waals surface area contributed by atoms with Gasteiger partial charge in [0, 0.05) is 6.20 Å². The average Bonchev–Trinajstić information content (AvgIpc) is 2.27. The van der Waals surface area contributed by atoms with E-state index in [2.05, 4.69) is 10.3 Å². The fourth-order valence-corrected chi connectivity index (χ4v) is 1.37. The number of carbonyl (C=O) groups is 3. The van der Waals surface area contributed by atoms with Gasteiger partial charge in [-0.05, 0) is 12.1 Å². The van der Waals surface area contributed by atoms with E-state index in [-0.39, 0.29) is 10.7 Å². The van der Waals surface area contributed by atoms with Crippen LogP contribution in [0.25, 0.3) is 0 Å². The molecule has 1 aromatic heterocycles. The van der Waals surface area contributed by atoms with Crippen molar-refractivity contribution >= 4 is 29.4 Å². The second-order valence-electron chi connectivity index (χ2n) is 3.30. The van der Waals surface area contributed by atoms with Crippen molar-refractivity contribution in [3.63, 3.8) is 0 Å². The number of hydrogen-bond acceptors (Lipinski definition) is 4. The van der Waals surface area contributed by atoms with Crippen LogP contribution in [-0.2, 0) is 9.59 Å². The number of carboxylic acids is 2. The van der Waals surface area contributed by atoms with Crippen LogP contribution in [0, 0.1) is 0 Å². The lowest BCUT2D eigenvalue weighted by Crippen LogP contribution is -2.42. The van der Waals surface area contributed by atoms with Crippen molar-refractivity contribution in [1.29, 1.82) is 0 Å². The molecule has 1 heterocycles. The molecule has 0 saturated heterocycles. The first-order valence-electron chi connectivity index (χ1n) is 4.77. The normalized spacial score (nSPS) is 11.6. The minimum Gasteiger partial charge on any atom is -0.481 e. The van der Waals surface area contributed by atoms with Gasteiger partial charge in [-0.2, -0.15) is 0 Å². The molecular formula is C10H9ClN2O5. The van der Waals surface area contributed by atoms with E-state index >= 15 is 0 Å². The van der Waals surface area contributed by atoms with E-state index in [1.54, 1.807) is 0 Å². The number of hydrogen-bond donors (Lipinski definition) is 3. The third-order valence-corrected chi connectivity index (χ3v) is 2.29. The van der Waals surface area contributed by atoms with Gasteiger partial charge in [-0.25, -0.2) is 9.78 Å². The average molecular weight is 273 g/mol. The summed E-state index contributed by atoms with van der Waals surface area (Å²) in [7, 11) is 0. The molecule has 0 aromatic carbocycles. The number of pyridine rings is 1. The molecule has 1 aromatic rings. The van der Waals surface area contributed by atoms with Crippen molar-refractivity contribution in [3.8, 4) is 0 Å². The summed E-state index contributed by atoms with van der Waals surface area (Å²) in [6.45, 7) is 0.